The van der Waals surface area contributed by atoms with Gasteiger partial charge in [-0.15, -0.1) is 0 Å². The Labute approximate surface area is 85.5 Å². The first-order chi connectivity index (χ1) is 6.72. The minimum atomic E-state index is 0.533. The number of hydrogen-bond donors (Lipinski definition) is 1. The first-order valence-electron chi connectivity index (χ1n) is 5.44. The highest BCUT2D eigenvalue weighted by atomic mass is 15.3. The molecule has 0 bridgehead atoms. The molecule has 1 N–H and O–H groups in total. The second-order valence-electron chi connectivity index (χ2n) is 4.50. The molecule has 3 heteroatoms. The monoisotopic (exact) mass is 193 g/mol. The van der Waals surface area contributed by atoms with Gasteiger partial charge in [-0.25, -0.2) is 0 Å². The van der Waals surface area contributed by atoms with Crippen molar-refractivity contribution in [2.45, 2.75) is 39.3 Å². The van der Waals surface area contributed by atoms with Crippen LogP contribution in [-0.4, -0.2) is 16.8 Å². The Hall–Kier alpha value is -0.830. The molecule has 0 radical (unpaired) electrons. The number of nitrogens with zero attached hydrogens (tertiary/aromatic N) is 2. The summed E-state index contributed by atoms with van der Waals surface area (Å²) in [6.07, 6.45) is 4.43. The van der Waals surface area contributed by atoms with E-state index >= 15 is 0 Å². The summed E-state index contributed by atoms with van der Waals surface area (Å²) in [6, 6.07) is 0.533. The van der Waals surface area contributed by atoms with Crippen molar-refractivity contribution in [2.24, 2.45) is 5.92 Å². The molecule has 1 heterocycles. The fraction of sp³-hybridized carbons (Fsp3) is 0.727. The average Bonchev–Trinajstić information content (AvgIpc) is 2.67. The van der Waals surface area contributed by atoms with Crippen LogP contribution in [0.1, 0.15) is 37.6 Å². The lowest BCUT2D eigenvalue weighted by atomic mass is 10.2. The molecule has 1 aliphatic carbocycles. The largest absolute Gasteiger partial charge is 0.313 e. The molecule has 2 rings (SSSR count). The van der Waals surface area contributed by atoms with E-state index in [1.54, 1.807) is 0 Å². The number of nitrogens with one attached hydrogen (secondary N) is 1. The van der Waals surface area contributed by atoms with Gasteiger partial charge in [0.1, 0.15) is 0 Å². The van der Waals surface area contributed by atoms with Crippen LogP contribution in [0.3, 0.4) is 0 Å². The van der Waals surface area contributed by atoms with Gasteiger partial charge in [-0.2, -0.15) is 5.10 Å². The Balaban J connectivity index is 2.22. The SMILES string of the molecule is CN[C@H]1CCc2c1cnn2CC(C)C. The molecule has 1 atom stereocenters. The van der Waals surface area contributed by atoms with Crippen LogP contribution in [0.4, 0.5) is 0 Å². The van der Waals surface area contributed by atoms with Crippen molar-refractivity contribution in [3.63, 3.8) is 0 Å². The summed E-state index contributed by atoms with van der Waals surface area (Å²) < 4.78 is 2.18. The zero-order valence-electron chi connectivity index (χ0n) is 9.25. The molecular weight excluding hydrogens is 174 g/mol. The van der Waals surface area contributed by atoms with Crippen LogP contribution in [0.5, 0.6) is 0 Å². The van der Waals surface area contributed by atoms with E-state index in [-0.39, 0.29) is 0 Å². The summed E-state index contributed by atoms with van der Waals surface area (Å²) in [5, 5.41) is 7.79. The van der Waals surface area contributed by atoms with Crippen molar-refractivity contribution in [2.75, 3.05) is 7.05 Å². The van der Waals surface area contributed by atoms with Crippen LogP contribution >= 0.6 is 0 Å². The minimum Gasteiger partial charge on any atom is -0.313 e. The summed E-state index contributed by atoms with van der Waals surface area (Å²) in [5.41, 5.74) is 2.85. The maximum Gasteiger partial charge on any atom is 0.0540 e. The van der Waals surface area contributed by atoms with Gasteiger partial charge in [0.2, 0.25) is 0 Å². The molecule has 14 heavy (non-hydrogen) atoms. The van der Waals surface area contributed by atoms with Gasteiger partial charge in [-0.1, -0.05) is 13.8 Å². The molecule has 1 aromatic rings. The van der Waals surface area contributed by atoms with Crippen LogP contribution in [0.25, 0.3) is 0 Å². The van der Waals surface area contributed by atoms with Crippen molar-refractivity contribution < 1.29 is 0 Å². The van der Waals surface area contributed by atoms with Crippen LogP contribution in [0, 0.1) is 5.92 Å². The summed E-state index contributed by atoms with van der Waals surface area (Å²) in [7, 11) is 2.03. The van der Waals surface area contributed by atoms with Gasteiger partial charge in [0.05, 0.1) is 6.20 Å². The van der Waals surface area contributed by atoms with Gasteiger partial charge < -0.3 is 5.32 Å². The van der Waals surface area contributed by atoms with E-state index in [4.69, 9.17) is 0 Å². The van der Waals surface area contributed by atoms with E-state index < -0.39 is 0 Å². The lowest BCUT2D eigenvalue weighted by Gasteiger charge is -2.07. The van der Waals surface area contributed by atoms with E-state index in [9.17, 15) is 0 Å². The van der Waals surface area contributed by atoms with Gasteiger partial charge >= 0.3 is 0 Å². The Bertz CT molecular complexity index is 314. The second-order valence-corrected chi connectivity index (χ2v) is 4.50. The van der Waals surface area contributed by atoms with Crippen LogP contribution in [0.15, 0.2) is 6.20 Å². The third-order valence-electron chi connectivity index (χ3n) is 2.91. The van der Waals surface area contributed by atoms with Crippen molar-refractivity contribution in [1.82, 2.24) is 15.1 Å². The molecular formula is C11H19N3. The zero-order chi connectivity index (χ0) is 10.1. The molecule has 0 amide bonds. The average molecular weight is 193 g/mol. The number of rotatable bonds is 3. The zero-order valence-corrected chi connectivity index (χ0v) is 9.25. The third kappa shape index (κ3) is 1.57. The third-order valence-corrected chi connectivity index (χ3v) is 2.91. The summed E-state index contributed by atoms with van der Waals surface area (Å²) in [6.45, 7) is 5.52. The molecule has 0 spiro atoms. The van der Waals surface area contributed by atoms with Crippen molar-refractivity contribution in [3.8, 4) is 0 Å². The van der Waals surface area contributed by atoms with Crippen LogP contribution in [0.2, 0.25) is 0 Å². The summed E-state index contributed by atoms with van der Waals surface area (Å²) >= 11 is 0. The molecule has 78 valence electrons. The summed E-state index contributed by atoms with van der Waals surface area (Å²) in [4.78, 5) is 0. The van der Waals surface area contributed by atoms with Gasteiger partial charge in [0, 0.05) is 23.8 Å². The lowest BCUT2D eigenvalue weighted by molar-refractivity contribution is 0.468. The molecule has 0 unspecified atom stereocenters. The Kier molecular flexibility index (Phi) is 2.59. The van der Waals surface area contributed by atoms with Crippen molar-refractivity contribution in [3.05, 3.63) is 17.5 Å². The van der Waals surface area contributed by atoms with Gasteiger partial charge in [-0.05, 0) is 25.8 Å². The van der Waals surface area contributed by atoms with Crippen molar-refractivity contribution >= 4 is 0 Å². The molecule has 0 saturated heterocycles. The lowest BCUT2D eigenvalue weighted by Crippen LogP contribution is -2.12. The van der Waals surface area contributed by atoms with E-state index in [1.807, 2.05) is 13.2 Å². The van der Waals surface area contributed by atoms with E-state index in [2.05, 4.69) is 28.9 Å². The highest BCUT2D eigenvalue weighted by Gasteiger charge is 2.25. The number of hydrogen-bond acceptors (Lipinski definition) is 2. The maximum atomic E-state index is 4.45. The first kappa shape index (κ1) is 9.71. The number of fused-ring (bicyclic) bond motifs is 1. The quantitative estimate of drug-likeness (QED) is 0.792. The molecule has 0 fully saturated rings. The standard InChI is InChI=1S/C11H19N3/c1-8(2)7-14-11-5-4-10(12-3)9(11)6-13-14/h6,8,10,12H,4-5,7H2,1-3H3/t10-/m0/s1. The van der Waals surface area contributed by atoms with Gasteiger partial charge in [-0.3, -0.25) is 4.68 Å². The highest BCUT2D eigenvalue weighted by molar-refractivity contribution is 5.27. The molecule has 0 saturated carbocycles. The minimum absolute atomic E-state index is 0.533. The van der Waals surface area contributed by atoms with E-state index in [1.165, 1.54) is 24.1 Å². The molecule has 3 nitrogen and oxygen atoms in total. The van der Waals surface area contributed by atoms with Crippen molar-refractivity contribution in [1.29, 1.82) is 0 Å². The smallest absolute Gasteiger partial charge is 0.0540 e. The fourth-order valence-corrected chi connectivity index (χ4v) is 2.23. The highest BCUT2D eigenvalue weighted by Crippen LogP contribution is 2.30. The summed E-state index contributed by atoms with van der Waals surface area (Å²) in [5.74, 6) is 0.674. The normalized spacial score (nSPS) is 20.4. The Morgan fingerprint density at radius 3 is 3.07 bits per heavy atom. The fourth-order valence-electron chi connectivity index (χ4n) is 2.23. The second kappa shape index (κ2) is 3.73. The predicted octanol–water partition coefficient (Wildman–Crippen LogP) is 1.75. The van der Waals surface area contributed by atoms with Crippen LogP contribution < -0.4 is 5.32 Å². The van der Waals surface area contributed by atoms with Gasteiger partial charge in [0.15, 0.2) is 0 Å². The Morgan fingerprint density at radius 1 is 1.64 bits per heavy atom. The molecule has 1 aliphatic rings. The molecule has 0 aromatic carbocycles. The number of aromatic nitrogens is 2. The molecule has 0 aliphatic heterocycles. The first-order valence-corrected chi connectivity index (χ1v) is 5.44. The van der Waals surface area contributed by atoms with Crippen LogP contribution in [-0.2, 0) is 13.0 Å². The topological polar surface area (TPSA) is 29.9 Å². The van der Waals surface area contributed by atoms with E-state index in [0.717, 1.165) is 6.54 Å². The van der Waals surface area contributed by atoms with Gasteiger partial charge in [0.25, 0.3) is 0 Å². The maximum absolute atomic E-state index is 4.45. The Morgan fingerprint density at radius 2 is 2.43 bits per heavy atom. The molecule has 1 aromatic heterocycles. The van der Waals surface area contributed by atoms with E-state index in [0.29, 0.717) is 12.0 Å². The predicted molar refractivity (Wildman–Crippen MR) is 57.2 cm³/mol.